The van der Waals surface area contributed by atoms with Crippen LogP contribution < -0.4 is 10.2 Å². The molecule has 148 valence electrons. The van der Waals surface area contributed by atoms with Crippen LogP contribution in [0.25, 0.3) is 0 Å². The van der Waals surface area contributed by atoms with E-state index < -0.39 is 0 Å². The molecule has 1 aliphatic rings. The third kappa shape index (κ3) is 5.67. The van der Waals surface area contributed by atoms with Crippen LogP contribution in [0.1, 0.15) is 37.3 Å². The lowest BCUT2D eigenvalue weighted by molar-refractivity contribution is -0.121. The van der Waals surface area contributed by atoms with Gasteiger partial charge >= 0.3 is 0 Å². The molecule has 1 atom stereocenters. The Bertz CT molecular complexity index is 768. The molecule has 0 bridgehead atoms. The third-order valence-corrected chi connectivity index (χ3v) is 4.95. The van der Waals surface area contributed by atoms with Crippen molar-refractivity contribution in [3.05, 3.63) is 65.7 Å². The van der Waals surface area contributed by atoms with E-state index in [0.29, 0.717) is 25.9 Å². The fraction of sp³-hybridized carbons (Fsp3) is 0.391. The Morgan fingerprint density at radius 1 is 1.07 bits per heavy atom. The molecule has 1 aliphatic heterocycles. The van der Waals surface area contributed by atoms with Crippen LogP contribution in [-0.4, -0.2) is 31.1 Å². The molecule has 5 nitrogen and oxygen atoms in total. The number of hydrogen-bond donors (Lipinski definition) is 1. The second kappa shape index (κ2) is 10.0. The van der Waals surface area contributed by atoms with Crippen molar-refractivity contribution in [3.63, 3.8) is 0 Å². The second-order valence-corrected chi connectivity index (χ2v) is 7.10. The average Bonchev–Trinajstić information content (AvgIpc) is 3.25. The van der Waals surface area contributed by atoms with E-state index in [1.165, 1.54) is 0 Å². The topological polar surface area (TPSA) is 58.6 Å². The van der Waals surface area contributed by atoms with Gasteiger partial charge in [0.15, 0.2) is 0 Å². The predicted molar refractivity (Wildman–Crippen MR) is 110 cm³/mol. The highest BCUT2D eigenvalue weighted by Crippen LogP contribution is 2.20. The molecule has 2 amide bonds. The number of nitrogens with zero attached hydrogens (tertiary/aromatic N) is 1. The van der Waals surface area contributed by atoms with E-state index in [1.807, 2.05) is 61.5 Å². The number of nitrogens with one attached hydrogen (secondary N) is 1. The summed E-state index contributed by atoms with van der Waals surface area (Å²) in [4.78, 5) is 26.4. The fourth-order valence-corrected chi connectivity index (χ4v) is 3.35. The highest BCUT2D eigenvalue weighted by Gasteiger charge is 2.17. The minimum absolute atomic E-state index is 0.00553. The lowest BCUT2D eigenvalue weighted by Crippen LogP contribution is -2.32. The van der Waals surface area contributed by atoms with Crippen molar-refractivity contribution in [2.45, 2.75) is 45.3 Å². The van der Waals surface area contributed by atoms with Crippen molar-refractivity contribution in [3.8, 4) is 0 Å². The molecule has 0 spiro atoms. The number of hydrogen-bond acceptors (Lipinski definition) is 3. The Hall–Kier alpha value is -2.66. The van der Waals surface area contributed by atoms with E-state index >= 15 is 0 Å². The molecule has 0 aliphatic carbocycles. The molecule has 0 aromatic heterocycles. The van der Waals surface area contributed by atoms with Gasteiger partial charge < -0.3 is 15.0 Å². The van der Waals surface area contributed by atoms with Crippen molar-refractivity contribution >= 4 is 17.5 Å². The van der Waals surface area contributed by atoms with Gasteiger partial charge in [0, 0.05) is 25.3 Å². The summed E-state index contributed by atoms with van der Waals surface area (Å²) in [6, 6.07) is 17.6. The van der Waals surface area contributed by atoms with Crippen molar-refractivity contribution in [1.29, 1.82) is 0 Å². The first-order valence-corrected chi connectivity index (χ1v) is 9.97. The molecule has 0 unspecified atom stereocenters. The Morgan fingerprint density at radius 2 is 1.82 bits per heavy atom. The van der Waals surface area contributed by atoms with Gasteiger partial charge in [-0.15, -0.1) is 0 Å². The summed E-state index contributed by atoms with van der Waals surface area (Å²) < 4.78 is 5.53. The Morgan fingerprint density at radius 3 is 2.46 bits per heavy atom. The third-order valence-electron chi connectivity index (χ3n) is 4.95. The van der Waals surface area contributed by atoms with E-state index in [-0.39, 0.29) is 17.9 Å². The van der Waals surface area contributed by atoms with Crippen LogP contribution in [0, 0.1) is 0 Å². The number of amides is 2. The van der Waals surface area contributed by atoms with E-state index in [1.54, 1.807) is 4.90 Å². The molecular weight excluding hydrogens is 352 g/mol. The summed E-state index contributed by atoms with van der Waals surface area (Å²) >= 11 is 0. The average molecular weight is 380 g/mol. The minimum Gasteiger partial charge on any atom is -0.376 e. The van der Waals surface area contributed by atoms with Crippen LogP contribution in [0.2, 0.25) is 0 Å². The van der Waals surface area contributed by atoms with Crippen LogP contribution in [0.5, 0.6) is 0 Å². The Labute approximate surface area is 166 Å². The molecule has 0 saturated carbocycles. The molecule has 1 N–H and O–H groups in total. The molecular formula is C23H28N2O3. The normalized spacial score (nSPS) is 16.0. The highest BCUT2D eigenvalue weighted by atomic mass is 16.5. The van der Waals surface area contributed by atoms with Gasteiger partial charge in [0.1, 0.15) is 0 Å². The SMILES string of the molecule is CCC(=O)N(Cc1ccccc1)c1ccc(CC(=O)NC[C@@H]2CCCO2)cc1. The van der Waals surface area contributed by atoms with Gasteiger partial charge in [0.25, 0.3) is 0 Å². The standard InChI is InChI=1S/C23H28N2O3/c1-2-23(27)25(17-19-7-4-3-5-8-19)20-12-10-18(11-13-20)15-22(26)24-16-21-9-6-14-28-21/h3-5,7-8,10-13,21H,2,6,9,14-17H2,1H3,(H,24,26)/t21-/m0/s1. The first-order chi connectivity index (χ1) is 13.7. The maximum atomic E-state index is 12.4. The largest absolute Gasteiger partial charge is 0.376 e. The van der Waals surface area contributed by atoms with Crippen LogP contribution in [-0.2, 0) is 27.3 Å². The number of carbonyl (C=O) groups excluding carboxylic acids is 2. The summed E-state index contributed by atoms with van der Waals surface area (Å²) in [5.74, 6) is 0.0694. The van der Waals surface area contributed by atoms with Crippen LogP contribution >= 0.6 is 0 Å². The van der Waals surface area contributed by atoms with Gasteiger partial charge in [-0.05, 0) is 36.1 Å². The van der Waals surface area contributed by atoms with Crippen molar-refractivity contribution < 1.29 is 14.3 Å². The molecule has 2 aromatic carbocycles. The Balaban J connectivity index is 1.60. The number of rotatable bonds is 8. The summed E-state index contributed by atoms with van der Waals surface area (Å²) in [6.07, 6.45) is 3.00. The van der Waals surface area contributed by atoms with Gasteiger partial charge in [0.2, 0.25) is 11.8 Å². The molecule has 3 rings (SSSR count). The first kappa shape index (κ1) is 20.1. The van der Waals surface area contributed by atoms with Crippen molar-refractivity contribution in [2.75, 3.05) is 18.1 Å². The summed E-state index contributed by atoms with van der Waals surface area (Å²) in [7, 11) is 0. The fourth-order valence-electron chi connectivity index (χ4n) is 3.35. The molecule has 1 heterocycles. The predicted octanol–water partition coefficient (Wildman–Crippen LogP) is 3.47. The summed E-state index contributed by atoms with van der Waals surface area (Å²) in [6.45, 7) is 3.77. The molecule has 1 fully saturated rings. The zero-order chi connectivity index (χ0) is 19.8. The van der Waals surface area contributed by atoms with Crippen LogP contribution in [0.15, 0.2) is 54.6 Å². The van der Waals surface area contributed by atoms with Gasteiger partial charge in [-0.3, -0.25) is 9.59 Å². The van der Waals surface area contributed by atoms with Gasteiger partial charge in [-0.1, -0.05) is 49.4 Å². The zero-order valence-corrected chi connectivity index (χ0v) is 16.4. The minimum atomic E-state index is -0.00553. The monoisotopic (exact) mass is 380 g/mol. The van der Waals surface area contributed by atoms with Crippen LogP contribution in [0.4, 0.5) is 5.69 Å². The smallest absolute Gasteiger partial charge is 0.227 e. The van der Waals surface area contributed by atoms with Crippen LogP contribution in [0.3, 0.4) is 0 Å². The number of benzene rings is 2. The molecule has 1 saturated heterocycles. The van der Waals surface area contributed by atoms with Gasteiger partial charge in [-0.2, -0.15) is 0 Å². The van der Waals surface area contributed by atoms with E-state index in [4.69, 9.17) is 4.74 Å². The first-order valence-electron chi connectivity index (χ1n) is 9.97. The number of carbonyl (C=O) groups is 2. The molecule has 0 radical (unpaired) electrons. The number of anilines is 1. The highest BCUT2D eigenvalue weighted by molar-refractivity contribution is 5.93. The van der Waals surface area contributed by atoms with Gasteiger partial charge in [-0.25, -0.2) is 0 Å². The second-order valence-electron chi connectivity index (χ2n) is 7.10. The van der Waals surface area contributed by atoms with Crippen molar-refractivity contribution in [2.24, 2.45) is 0 Å². The van der Waals surface area contributed by atoms with E-state index in [9.17, 15) is 9.59 Å². The maximum absolute atomic E-state index is 12.4. The Kier molecular flexibility index (Phi) is 7.20. The van der Waals surface area contributed by atoms with Crippen molar-refractivity contribution in [1.82, 2.24) is 5.32 Å². The maximum Gasteiger partial charge on any atom is 0.227 e. The lowest BCUT2D eigenvalue weighted by Gasteiger charge is -2.23. The van der Waals surface area contributed by atoms with E-state index in [0.717, 1.165) is 36.3 Å². The van der Waals surface area contributed by atoms with E-state index in [2.05, 4.69) is 5.32 Å². The lowest BCUT2D eigenvalue weighted by atomic mass is 10.1. The summed E-state index contributed by atoms with van der Waals surface area (Å²) in [5, 5.41) is 2.94. The molecule has 28 heavy (non-hydrogen) atoms. The van der Waals surface area contributed by atoms with Gasteiger partial charge in [0.05, 0.1) is 19.1 Å². The zero-order valence-electron chi connectivity index (χ0n) is 16.4. The quantitative estimate of drug-likeness (QED) is 0.763. The molecule has 5 heteroatoms. The molecule has 2 aromatic rings. The number of ether oxygens (including phenoxy) is 1. The summed E-state index contributed by atoms with van der Waals surface area (Å²) in [5.41, 5.74) is 2.86.